The van der Waals surface area contributed by atoms with E-state index >= 15 is 0 Å². The Morgan fingerprint density at radius 1 is 0.824 bits per heavy atom. The summed E-state index contributed by atoms with van der Waals surface area (Å²) in [5, 5.41) is 1.34. The minimum atomic E-state index is -1.76. The van der Waals surface area contributed by atoms with Crippen LogP contribution in [-0.4, -0.2) is 8.32 Å². The first kappa shape index (κ1) is 12.1. The molecule has 0 saturated heterocycles. The van der Waals surface area contributed by atoms with E-state index in [1.165, 1.54) is 10.8 Å². The van der Waals surface area contributed by atoms with Crippen molar-refractivity contribution in [3.05, 3.63) is 66.2 Å². The third kappa shape index (κ3) is 3.28. The first-order valence-corrected chi connectivity index (χ1v) is 8.83. The Morgan fingerprint density at radius 3 is 1.94 bits per heavy atom. The molecule has 0 aliphatic rings. The molecule has 0 amide bonds. The maximum atomic E-state index is 6.14. The van der Waals surface area contributed by atoms with Gasteiger partial charge in [-0.25, -0.2) is 0 Å². The molecule has 88 valence electrons. The molecular formula is C15H18OSi. The Balaban J connectivity index is 2.03. The van der Waals surface area contributed by atoms with Crippen LogP contribution >= 0.6 is 0 Å². The summed E-state index contributed by atoms with van der Waals surface area (Å²) in [4.78, 5) is 0. The minimum Gasteiger partial charge on any atom is -0.409 e. The Labute approximate surface area is 104 Å². The van der Waals surface area contributed by atoms with Crippen LogP contribution in [0, 0.1) is 0 Å². The lowest BCUT2D eigenvalue weighted by Gasteiger charge is -2.23. The third-order valence-electron chi connectivity index (χ3n) is 2.91. The highest BCUT2D eigenvalue weighted by atomic mass is 28.4. The van der Waals surface area contributed by atoms with Crippen LogP contribution in [0.5, 0.6) is 0 Å². The third-order valence-corrected chi connectivity index (χ3v) is 5.50. The molecule has 0 unspecified atom stereocenters. The van der Waals surface area contributed by atoms with Gasteiger partial charge in [-0.3, -0.25) is 0 Å². The van der Waals surface area contributed by atoms with Crippen molar-refractivity contribution in [2.45, 2.75) is 19.7 Å². The Bertz CT molecular complexity index is 451. The molecule has 2 rings (SSSR count). The SMILES string of the molecule is C[Si](C)(OCc1ccccc1)c1ccccc1. The second-order valence-electron chi connectivity index (χ2n) is 4.65. The predicted molar refractivity (Wildman–Crippen MR) is 74.8 cm³/mol. The Hall–Kier alpha value is -1.38. The fraction of sp³-hybridized carbons (Fsp3) is 0.200. The van der Waals surface area contributed by atoms with E-state index < -0.39 is 8.32 Å². The van der Waals surface area contributed by atoms with E-state index in [1.807, 2.05) is 12.1 Å². The van der Waals surface area contributed by atoms with Gasteiger partial charge in [-0.2, -0.15) is 0 Å². The van der Waals surface area contributed by atoms with Crippen LogP contribution in [0.15, 0.2) is 60.7 Å². The molecule has 0 aromatic heterocycles. The van der Waals surface area contributed by atoms with Gasteiger partial charge in [0, 0.05) is 0 Å². The summed E-state index contributed by atoms with van der Waals surface area (Å²) >= 11 is 0. The van der Waals surface area contributed by atoms with Gasteiger partial charge in [0.2, 0.25) is 8.32 Å². The summed E-state index contributed by atoms with van der Waals surface area (Å²) in [5.74, 6) is 0. The van der Waals surface area contributed by atoms with Crippen molar-refractivity contribution < 1.29 is 4.43 Å². The largest absolute Gasteiger partial charge is 0.409 e. The average Bonchev–Trinajstić information content (AvgIpc) is 2.39. The van der Waals surface area contributed by atoms with Gasteiger partial charge < -0.3 is 4.43 Å². The van der Waals surface area contributed by atoms with Crippen molar-refractivity contribution in [3.8, 4) is 0 Å². The van der Waals surface area contributed by atoms with Crippen LogP contribution in [0.4, 0.5) is 0 Å². The lowest BCUT2D eigenvalue weighted by molar-refractivity contribution is 0.304. The van der Waals surface area contributed by atoms with Crippen molar-refractivity contribution in [3.63, 3.8) is 0 Å². The van der Waals surface area contributed by atoms with Gasteiger partial charge in [-0.15, -0.1) is 0 Å². The highest BCUT2D eigenvalue weighted by Crippen LogP contribution is 2.09. The highest BCUT2D eigenvalue weighted by molar-refractivity contribution is 6.84. The predicted octanol–water partition coefficient (Wildman–Crippen LogP) is 3.32. The summed E-state index contributed by atoms with van der Waals surface area (Å²) < 4.78 is 6.14. The highest BCUT2D eigenvalue weighted by Gasteiger charge is 2.24. The lowest BCUT2D eigenvalue weighted by Crippen LogP contribution is -2.44. The molecule has 0 bridgehead atoms. The van der Waals surface area contributed by atoms with Gasteiger partial charge in [0.25, 0.3) is 0 Å². The van der Waals surface area contributed by atoms with Gasteiger partial charge in [-0.05, 0) is 23.8 Å². The monoisotopic (exact) mass is 242 g/mol. The maximum absolute atomic E-state index is 6.14. The zero-order valence-electron chi connectivity index (χ0n) is 10.4. The molecule has 0 spiro atoms. The molecule has 0 heterocycles. The maximum Gasteiger partial charge on any atom is 0.218 e. The van der Waals surface area contributed by atoms with Crippen LogP contribution in [0.25, 0.3) is 0 Å². The number of rotatable bonds is 4. The summed E-state index contributed by atoms with van der Waals surface area (Å²) in [6, 6.07) is 20.9. The van der Waals surface area contributed by atoms with E-state index in [0.29, 0.717) is 6.61 Å². The van der Waals surface area contributed by atoms with Gasteiger partial charge >= 0.3 is 0 Å². The van der Waals surface area contributed by atoms with Gasteiger partial charge in [-0.1, -0.05) is 60.7 Å². The molecule has 1 nitrogen and oxygen atoms in total. The number of hydrogen-bond acceptors (Lipinski definition) is 1. The fourth-order valence-electron chi connectivity index (χ4n) is 1.76. The van der Waals surface area contributed by atoms with Crippen LogP contribution in [-0.2, 0) is 11.0 Å². The molecule has 0 saturated carbocycles. The standard InChI is InChI=1S/C15H18OSi/c1-17(2,15-11-7-4-8-12-15)16-13-14-9-5-3-6-10-14/h3-12H,13H2,1-2H3. The van der Waals surface area contributed by atoms with Gasteiger partial charge in [0.05, 0.1) is 6.61 Å². The van der Waals surface area contributed by atoms with Crippen LogP contribution in [0.2, 0.25) is 13.1 Å². The molecule has 0 atom stereocenters. The van der Waals surface area contributed by atoms with Crippen molar-refractivity contribution in [1.29, 1.82) is 0 Å². The van der Waals surface area contributed by atoms with E-state index in [2.05, 4.69) is 61.6 Å². The molecule has 0 aliphatic carbocycles. The summed E-state index contributed by atoms with van der Waals surface area (Å²) in [5.41, 5.74) is 1.24. The smallest absolute Gasteiger partial charge is 0.218 e. The minimum absolute atomic E-state index is 0.703. The number of hydrogen-bond donors (Lipinski definition) is 0. The molecule has 0 aliphatic heterocycles. The number of benzene rings is 2. The molecular weight excluding hydrogens is 224 g/mol. The topological polar surface area (TPSA) is 9.23 Å². The van der Waals surface area contributed by atoms with E-state index in [0.717, 1.165) is 0 Å². The molecule has 0 radical (unpaired) electrons. The van der Waals surface area contributed by atoms with Crippen molar-refractivity contribution in [1.82, 2.24) is 0 Å². The second-order valence-corrected chi connectivity index (χ2v) is 8.54. The summed E-state index contributed by atoms with van der Waals surface area (Å²) in [6.07, 6.45) is 0. The van der Waals surface area contributed by atoms with Crippen LogP contribution in [0.3, 0.4) is 0 Å². The first-order chi connectivity index (χ1) is 8.18. The molecule has 2 heteroatoms. The summed E-state index contributed by atoms with van der Waals surface area (Å²) in [7, 11) is -1.76. The van der Waals surface area contributed by atoms with E-state index in [9.17, 15) is 0 Å². The van der Waals surface area contributed by atoms with E-state index in [1.54, 1.807) is 0 Å². The quantitative estimate of drug-likeness (QED) is 0.747. The van der Waals surface area contributed by atoms with Crippen LogP contribution < -0.4 is 5.19 Å². The fourth-order valence-corrected chi connectivity index (χ4v) is 3.45. The molecule has 0 fully saturated rings. The first-order valence-electron chi connectivity index (χ1n) is 5.92. The second kappa shape index (κ2) is 5.30. The van der Waals surface area contributed by atoms with E-state index in [-0.39, 0.29) is 0 Å². The van der Waals surface area contributed by atoms with Crippen molar-refractivity contribution in [2.24, 2.45) is 0 Å². The van der Waals surface area contributed by atoms with Gasteiger partial charge in [0.1, 0.15) is 0 Å². The zero-order valence-corrected chi connectivity index (χ0v) is 11.4. The van der Waals surface area contributed by atoms with Crippen LogP contribution in [0.1, 0.15) is 5.56 Å². The zero-order chi connectivity index (χ0) is 12.1. The Kier molecular flexibility index (Phi) is 3.77. The molecule has 2 aromatic carbocycles. The molecule has 17 heavy (non-hydrogen) atoms. The van der Waals surface area contributed by atoms with Crippen molar-refractivity contribution in [2.75, 3.05) is 0 Å². The molecule has 0 N–H and O–H groups in total. The van der Waals surface area contributed by atoms with Crippen molar-refractivity contribution >= 4 is 13.5 Å². The Morgan fingerprint density at radius 2 is 1.35 bits per heavy atom. The lowest BCUT2D eigenvalue weighted by atomic mass is 10.2. The van der Waals surface area contributed by atoms with E-state index in [4.69, 9.17) is 4.43 Å². The molecule has 2 aromatic rings. The summed E-state index contributed by atoms with van der Waals surface area (Å²) in [6.45, 7) is 5.19. The van der Waals surface area contributed by atoms with Gasteiger partial charge in [0.15, 0.2) is 0 Å². The average molecular weight is 242 g/mol. The normalized spacial score (nSPS) is 11.4.